The van der Waals surface area contributed by atoms with E-state index in [9.17, 15) is 4.79 Å². The fourth-order valence-corrected chi connectivity index (χ4v) is 4.56. The van der Waals surface area contributed by atoms with Crippen LogP contribution in [0.2, 0.25) is 0 Å². The molecule has 1 fully saturated rings. The highest BCUT2D eigenvalue weighted by Gasteiger charge is 2.41. The van der Waals surface area contributed by atoms with Gasteiger partial charge in [-0.1, -0.05) is 39.0 Å². The first kappa shape index (κ1) is 14.7. The normalized spacial score (nSPS) is 26.3. The highest BCUT2D eigenvalue weighted by Crippen LogP contribution is 2.45. The molecule has 0 spiro atoms. The van der Waals surface area contributed by atoms with Crippen molar-refractivity contribution in [2.45, 2.75) is 46.5 Å². The molecule has 0 N–H and O–H groups in total. The summed E-state index contributed by atoms with van der Waals surface area (Å²) in [6.07, 6.45) is 6.15. The van der Waals surface area contributed by atoms with E-state index in [4.69, 9.17) is 4.42 Å². The Morgan fingerprint density at radius 1 is 1.53 bits per heavy atom. The largest absolute Gasteiger partial charge is 0.469 e. The van der Waals surface area contributed by atoms with Crippen molar-refractivity contribution < 1.29 is 9.21 Å². The summed E-state index contributed by atoms with van der Waals surface area (Å²) in [4.78, 5) is 12.5. The highest BCUT2D eigenvalue weighted by molar-refractivity contribution is 8.13. The van der Waals surface area contributed by atoms with Crippen molar-refractivity contribution in [2.75, 3.05) is 5.75 Å². The Labute approximate surface area is 120 Å². The zero-order valence-electron chi connectivity index (χ0n) is 12.1. The molecule has 0 saturated heterocycles. The second-order valence-electron chi connectivity index (χ2n) is 6.33. The van der Waals surface area contributed by atoms with Gasteiger partial charge in [0.25, 0.3) is 0 Å². The standard InChI is InChI=1S/C16H24O2S/c1-12-6-4-9-16(2,3)14(12)15(17)19-11-8-13-7-5-10-18-13/h5,7,10,12,14H,4,6,8-9,11H2,1-3H3. The number of aryl methyl sites for hydroxylation is 1. The van der Waals surface area contributed by atoms with Crippen LogP contribution in [0.3, 0.4) is 0 Å². The molecular weight excluding hydrogens is 256 g/mol. The van der Waals surface area contributed by atoms with Crippen molar-refractivity contribution >= 4 is 16.9 Å². The Balaban J connectivity index is 1.87. The van der Waals surface area contributed by atoms with Crippen LogP contribution < -0.4 is 0 Å². The Morgan fingerprint density at radius 2 is 2.32 bits per heavy atom. The van der Waals surface area contributed by atoms with Gasteiger partial charge >= 0.3 is 0 Å². The minimum atomic E-state index is 0.159. The van der Waals surface area contributed by atoms with Crippen molar-refractivity contribution in [2.24, 2.45) is 17.3 Å². The molecule has 106 valence electrons. The number of hydrogen-bond donors (Lipinski definition) is 0. The van der Waals surface area contributed by atoms with E-state index in [0.29, 0.717) is 11.0 Å². The second kappa shape index (κ2) is 6.17. The van der Waals surface area contributed by atoms with Crippen LogP contribution in [0.25, 0.3) is 0 Å². The highest BCUT2D eigenvalue weighted by atomic mass is 32.2. The first-order valence-electron chi connectivity index (χ1n) is 7.20. The molecule has 0 amide bonds. The lowest BCUT2D eigenvalue weighted by Crippen LogP contribution is -2.38. The minimum Gasteiger partial charge on any atom is -0.469 e. The number of furan rings is 1. The van der Waals surface area contributed by atoms with Crippen LogP contribution in [0.5, 0.6) is 0 Å². The summed E-state index contributed by atoms with van der Waals surface area (Å²) >= 11 is 1.49. The summed E-state index contributed by atoms with van der Waals surface area (Å²) in [6.45, 7) is 6.73. The maximum Gasteiger partial charge on any atom is 0.192 e. The third-order valence-corrected chi connectivity index (χ3v) is 5.27. The number of carbonyl (C=O) groups excluding carboxylic acids is 1. The second-order valence-corrected chi connectivity index (χ2v) is 7.43. The summed E-state index contributed by atoms with van der Waals surface area (Å²) in [5.41, 5.74) is 0.159. The molecular formula is C16H24O2S. The zero-order valence-corrected chi connectivity index (χ0v) is 13.0. The van der Waals surface area contributed by atoms with Crippen molar-refractivity contribution in [3.05, 3.63) is 24.2 Å². The van der Waals surface area contributed by atoms with Gasteiger partial charge in [0.2, 0.25) is 0 Å². The molecule has 2 nitrogen and oxygen atoms in total. The van der Waals surface area contributed by atoms with Gasteiger partial charge in [-0.25, -0.2) is 0 Å². The van der Waals surface area contributed by atoms with Crippen LogP contribution in [0.4, 0.5) is 0 Å². The molecule has 1 aromatic rings. The van der Waals surface area contributed by atoms with E-state index >= 15 is 0 Å². The number of hydrogen-bond acceptors (Lipinski definition) is 3. The van der Waals surface area contributed by atoms with Gasteiger partial charge in [-0.2, -0.15) is 0 Å². The number of rotatable bonds is 4. The minimum absolute atomic E-state index is 0.159. The van der Waals surface area contributed by atoms with Crippen molar-refractivity contribution in [1.82, 2.24) is 0 Å². The van der Waals surface area contributed by atoms with E-state index in [1.165, 1.54) is 31.0 Å². The molecule has 0 aliphatic heterocycles. The molecule has 0 bridgehead atoms. The summed E-state index contributed by atoms with van der Waals surface area (Å²) < 4.78 is 5.30. The van der Waals surface area contributed by atoms with Gasteiger partial charge in [0.15, 0.2) is 5.12 Å². The predicted octanol–water partition coefficient (Wildman–Crippen LogP) is 4.54. The van der Waals surface area contributed by atoms with Crippen LogP contribution in [0.15, 0.2) is 22.8 Å². The van der Waals surface area contributed by atoms with E-state index < -0.39 is 0 Å². The molecule has 1 aliphatic rings. The summed E-state index contributed by atoms with van der Waals surface area (Å²) in [7, 11) is 0. The first-order valence-corrected chi connectivity index (χ1v) is 8.18. The Kier molecular flexibility index (Phi) is 4.77. The number of carbonyl (C=O) groups is 1. The first-order chi connectivity index (χ1) is 9.00. The molecule has 0 aromatic carbocycles. The van der Waals surface area contributed by atoms with E-state index in [0.717, 1.165) is 17.9 Å². The van der Waals surface area contributed by atoms with E-state index in [1.54, 1.807) is 6.26 Å². The third kappa shape index (κ3) is 3.65. The Morgan fingerprint density at radius 3 is 2.95 bits per heavy atom. The maximum absolute atomic E-state index is 12.5. The molecule has 1 aromatic heterocycles. The van der Waals surface area contributed by atoms with Gasteiger partial charge in [0.05, 0.1) is 6.26 Å². The van der Waals surface area contributed by atoms with Crippen molar-refractivity contribution in [3.63, 3.8) is 0 Å². The molecule has 1 saturated carbocycles. The molecule has 1 aliphatic carbocycles. The summed E-state index contributed by atoms with van der Waals surface area (Å²) in [5.74, 6) is 2.53. The monoisotopic (exact) mass is 280 g/mol. The van der Waals surface area contributed by atoms with E-state index in [1.807, 2.05) is 12.1 Å². The molecule has 1 heterocycles. The summed E-state index contributed by atoms with van der Waals surface area (Å²) in [5, 5.41) is 0.378. The van der Waals surface area contributed by atoms with Crippen LogP contribution in [0, 0.1) is 17.3 Å². The molecule has 3 heteroatoms. The van der Waals surface area contributed by atoms with Gasteiger partial charge in [0, 0.05) is 18.1 Å². The average Bonchev–Trinajstić information content (AvgIpc) is 2.80. The third-order valence-electron chi connectivity index (χ3n) is 4.32. The molecule has 19 heavy (non-hydrogen) atoms. The van der Waals surface area contributed by atoms with Gasteiger partial charge in [0.1, 0.15) is 5.76 Å². The Hall–Kier alpha value is -0.700. The molecule has 2 unspecified atom stereocenters. The lowest BCUT2D eigenvalue weighted by molar-refractivity contribution is -0.121. The SMILES string of the molecule is CC1CCCC(C)(C)C1C(=O)SCCc1ccco1. The molecule has 2 rings (SSSR count). The smallest absolute Gasteiger partial charge is 0.192 e. The van der Waals surface area contributed by atoms with Gasteiger partial charge < -0.3 is 4.42 Å². The van der Waals surface area contributed by atoms with E-state index in [2.05, 4.69) is 20.8 Å². The van der Waals surface area contributed by atoms with Crippen molar-refractivity contribution in [3.8, 4) is 0 Å². The topological polar surface area (TPSA) is 30.2 Å². The molecule has 2 atom stereocenters. The van der Waals surface area contributed by atoms with Crippen molar-refractivity contribution in [1.29, 1.82) is 0 Å². The van der Waals surface area contributed by atoms with Gasteiger partial charge in [-0.05, 0) is 36.3 Å². The van der Waals surface area contributed by atoms with Crippen LogP contribution in [-0.2, 0) is 11.2 Å². The zero-order chi connectivity index (χ0) is 13.9. The van der Waals surface area contributed by atoms with Crippen LogP contribution in [0.1, 0.15) is 45.8 Å². The summed E-state index contributed by atoms with van der Waals surface area (Å²) in [6, 6.07) is 3.87. The fourth-order valence-electron chi connectivity index (χ4n) is 3.32. The van der Waals surface area contributed by atoms with Crippen LogP contribution in [-0.4, -0.2) is 10.9 Å². The quantitative estimate of drug-likeness (QED) is 0.811. The Bertz CT molecular complexity index is 408. The average molecular weight is 280 g/mol. The lowest BCUT2D eigenvalue weighted by atomic mass is 9.65. The predicted molar refractivity (Wildman–Crippen MR) is 80.2 cm³/mol. The van der Waals surface area contributed by atoms with E-state index in [-0.39, 0.29) is 11.3 Å². The molecule has 0 radical (unpaired) electrons. The lowest BCUT2D eigenvalue weighted by Gasteiger charge is -2.41. The van der Waals surface area contributed by atoms with Gasteiger partial charge in [-0.3, -0.25) is 4.79 Å². The number of thioether (sulfide) groups is 1. The maximum atomic E-state index is 12.5. The fraction of sp³-hybridized carbons (Fsp3) is 0.688. The van der Waals surface area contributed by atoms with Gasteiger partial charge in [-0.15, -0.1) is 0 Å². The van der Waals surface area contributed by atoms with Crippen LogP contribution >= 0.6 is 11.8 Å².